The number of amides is 3. The van der Waals surface area contributed by atoms with E-state index in [9.17, 15) is 14.4 Å². The highest BCUT2D eigenvalue weighted by atomic mass is 19.1. The lowest BCUT2D eigenvalue weighted by molar-refractivity contribution is -0.119. The number of aryl methyl sites for hydroxylation is 1. The molecular formula is C32H26FN9O3. The van der Waals surface area contributed by atoms with E-state index in [1.807, 2.05) is 0 Å². The van der Waals surface area contributed by atoms with Crippen molar-refractivity contribution in [3.63, 3.8) is 0 Å². The van der Waals surface area contributed by atoms with Gasteiger partial charge in [-0.05, 0) is 59.3 Å². The number of aliphatic imine (C=N–C) groups is 1. The Kier molecular flexibility index (Phi) is 7.57. The lowest BCUT2D eigenvalue weighted by atomic mass is 9.97. The van der Waals surface area contributed by atoms with Crippen molar-refractivity contribution in [3.05, 3.63) is 119 Å². The highest BCUT2D eigenvalue weighted by Gasteiger charge is 2.40. The van der Waals surface area contributed by atoms with E-state index in [0.717, 1.165) is 4.90 Å². The molecule has 224 valence electrons. The Morgan fingerprint density at radius 1 is 0.978 bits per heavy atom. The second-order valence-electron chi connectivity index (χ2n) is 10.2. The topological polar surface area (TPSA) is 177 Å². The molecule has 0 aliphatic carbocycles. The number of halogens is 1. The molecule has 3 amide bonds. The number of aromatic amines is 1. The van der Waals surface area contributed by atoms with E-state index in [1.165, 1.54) is 23.1 Å². The Balaban J connectivity index is 1.57. The third-order valence-electron chi connectivity index (χ3n) is 7.42. The van der Waals surface area contributed by atoms with Crippen LogP contribution in [0.1, 0.15) is 27.0 Å². The van der Waals surface area contributed by atoms with Gasteiger partial charge in [0.05, 0.1) is 17.9 Å². The predicted molar refractivity (Wildman–Crippen MR) is 166 cm³/mol. The number of Topliss-reactive ketones (excluding diaryl/α,β-unsaturated/α-hetero) is 1. The second kappa shape index (κ2) is 11.8. The van der Waals surface area contributed by atoms with Gasteiger partial charge in [-0.2, -0.15) is 0 Å². The molecule has 5 aromatic rings. The summed E-state index contributed by atoms with van der Waals surface area (Å²) >= 11 is 0. The number of nitrogens with two attached hydrogens (primary N) is 2. The van der Waals surface area contributed by atoms with Gasteiger partial charge in [-0.1, -0.05) is 54.6 Å². The molecule has 45 heavy (non-hydrogen) atoms. The Morgan fingerprint density at radius 3 is 2.44 bits per heavy atom. The van der Waals surface area contributed by atoms with Crippen LogP contribution in [0.4, 0.5) is 26.2 Å². The van der Waals surface area contributed by atoms with Crippen LogP contribution in [0.15, 0.2) is 96.0 Å². The molecule has 0 spiro atoms. The summed E-state index contributed by atoms with van der Waals surface area (Å²) in [5, 5.41) is 13.7. The second-order valence-corrected chi connectivity index (χ2v) is 10.2. The molecule has 4 aromatic carbocycles. The molecule has 1 aromatic heterocycles. The first kappa shape index (κ1) is 28.9. The summed E-state index contributed by atoms with van der Waals surface area (Å²) in [4.78, 5) is 48.5. The van der Waals surface area contributed by atoms with Gasteiger partial charge in [-0.25, -0.2) is 19.3 Å². The van der Waals surface area contributed by atoms with Crippen molar-refractivity contribution in [2.45, 2.75) is 13.1 Å². The van der Waals surface area contributed by atoms with Crippen LogP contribution in [0.3, 0.4) is 0 Å². The number of hydrogen-bond acceptors (Lipinski definition) is 8. The maximum Gasteiger partial charge on any atom is 0.321 e. The SMILES string of the molecule is Cc1cccc2c1N(CC(=O)c1ccccc1N)C(=O)C(N(C(N)=O)c1cccc(-c3nnn[nH]3)c1)N=C2c1ccccc1F. The summed E-state index contributed by atoms with van der Waals surface area (Å²) < 4.78 is 15.4. The fraction of sp³-hybridized carbons (Fsp3) is 0.0938. The average Bonchev–Trinajstić information content (AvgIpc) is 3.54. The number of rotatable bonds is 7. The Labute approximate surface area is 256 Å². The summed E-state index contributed by atoms with van der Waals surface area (Å²) in [6, 6.07) is 23.1. The minimum atomic E-state index is -1.65. The summed E-state index contributed by atoms with van der Waals surface area (Å²) in [6.45, 7) is 1.32. The van der Waals surface area contributed by atoms with Gasteiger partial charge in [0.1, 0.15) is 5.82 Å². The minimum absolute atomic E-state index is 0.0912. The molecule has 5 N–H and O–H groups in total. The van der Waals surface area contributed by atoms with E-state index in [2.05, 4.69) is 20.6 Å². The zero-order chi connectivity index (χ0) is 31.7. The fourth-order valence-electron chi connectivity index (χ4n) is 5.35. The number of nitrogens with one attached hydrogen (secondary N) is 1. The first-order valence-electron chi connectivity index (χ1n) is 13.8. The Morgan fingerprint density at radius 2 is 1.71 bits per heavy atom. The minimum Gasteiger partial charge on any atom is -0.398 e. The first-order chi connectivity index (χ1) is 21.7. The number of carbonyl (C=O) groups excluding carboxylic acids is 3. The molecule has 1 aliphatic heterocycles. The molecule has 2 heterocycles. The number of urea groups is 1. The number of hydrogen-bond donors (Lipinski definition) is 3. The number of aromatic nitrogens is 4. The molecule has 0 saturated heterocycles. The Hall–Kier alpha value is -6.24. The van der Waals surface area contributed by atoms with Crippen LogP contribution < -0.4 is 21.3 Å². The van der Waals surface area contributed by atoms with Gasteiger partial charge in [0.25, 0.3) is 5.91 Å². The van der Waals surface area contributed by atoms with Crippen LogP contribution in [0.25, 0.3) is 11.4 Å². The van der Waals surface area contributed by atoms with Crippen LogP contribution in [-0.2, 0) is 4.79 Å². The van der Waals surface area contributed by atoms with Gasteiger partial charge in [-0.3, -0.25) is 14.5 Å². The quantitative estimate of drug-likeness (QED) is 0.187. The average molecular weight is 604 g/mol. The van der Waals surface area contributed by atoms with Crippen LogP contribution in [0.2, 0.25) is 0 Å². The molecule has 0 radical (unpaired) electrons. The van der Waals surface area contributed by atoms with E-state index in [1.54, 1.807) is 79.7 Å². The standard InChI is InChI=1S/C32H26FN9O3/c1-18-8-6-13-23-27(21-11-2-4-14-24(21)33)36-30(31(44)41(28(18)23)17-26(43)22-12-3-5-15-25(22)34)42(32(35)45)20-10-7-9-19(16-20)29-37-39-40-38-29/h2-16,30H,17,34H2,1H3,(H2,35,45)(H,37,38,39,40). The largest absolute Gasteiger partial charge is 0.398 e. The van der Waals surface area contributed by atoms with Crippen molar-refractivity contribution in [1.29, 1.82) is 0 Å². The highest BCUT2D eigenvalue weighted by molar-refractivity contribution is 6.23. The maximum absolute atomic E-state index is 15.4. The number of benzene rings is 4. The number of tetrazole rings is 1. The molecule has 1 unspecified atom stereocenters. The van der Waals surface area contributed by atoms with Gasteiger partial charge in [0, 0.05) is 33.6 Å². The van der Waals surface area contributed by atoms with E-state index >= 15 is 4.39 Å². The predicted octanol–water partition coefficient (Wildman–Crippen LogP) is 3.87. The Bertz CT molecular complexity index is 1980. The summed E-state index contributed by atoms with van der Waals surface area (Å²) in [5.41, 5.74) is 14.7. The lowest BCUT2D eigenvalue weighted by Gasteiger charge is -2.31. The normalized spacial score (nSPS) is 14.4. The maximum atomic E-state index is 15.4. The van der Waals surface area contributed by atoms with Crippen molar-refractivity contribution >= 4 is 40.5 Å². The molecule has 12 nitrogen and oxygen atoms in total. The van der Waals surface area contributed by atoms with Gasteiger partial charge in [0.15, 0.2) is 11.6 Å². The number of primary amides is 1. The number of carbonyl (C=O) groups is 3. The van der Waals surface area contributed by atoms with Crippen molar-refractivity contribution in [2.24, 2.45) is 10.7 Å². The fourth-order valence-corrected chi connectivity index (χ4v) is 5.35. The first-order valence-corrected chi connectivity index (χ1v) is 13.8. The van der Waals surface area contributed by atoms with Crippen LogP contribution in [-0.4, -0.2) is 56.8 Å². The van der Waals surface area contributed by atoms with Crippen LogP contribution in [0, 0.1) is 12.7 Å². The van der Waals surface area contributed by atoms with Crippen molar-refractivity contribution in [3.8, 4) is 11.4 Å². The third kappa shape index (κ3) is 5.38. The van der Waals surface area contributed by atoms with Crippen molar-refractivity contribution < 1.29 is 18.8 Å². The van der Waals surface area contributed by atoms with E-state index < -0.39 is 36.2 Å². The molecule has 0 fully saturated rings. The van der Waals surface area contributed by atoms with Crippen LogP contribution >= 0.6 is 0 Å². The molecule has 13 heteroatoms. The molecule has 0 bridgehead atoms. The smallest absolute Gasteiger partial charge is 0.321 e. The van der Waals surface area contributed by atoms with Gasteiger partial charge < -0.3 is 16.4 Å². The number of benzodiazepines with no additional fused rings is 1. The molecule has 1 atom stereocenters. The van der Waals surface area contributed by atoms with Crippen LogP contribution in [0.5, 0.6) is 0 Å². The number of nitrogen functional groups attached to an aromatic ring is 1. The lowest BCUT2D eigenvalue weighted by Crippen LogP contribution is -2.53. The number of fused-ring (bicyclic) bond motifs is 1. The molecule has 6 rings (SSSR count). The molecule has 0 saturated carbocycles. The zero-order valence-electron chi connectivity index (χ0n) is 23.9. The third-order valence-corrected chi connectivity index (χ3v) is 7.42. The summed E-state index contributed by atoms with van der Waals surface area (Å²) in [6.07, 6.45) is -1.65. The molecular weight excluding hydrogens is 577 g/mol. The van der Waals surface area contributed by atoms with E-state index in [-0.39, 0.29) is 28.2 Å². The van der Waals surface area contributed by atoms with Gasteiger partial charge >= 0.3 is 6.03 Å². The highest BCUT2D eigenvalue weighted by Crippen LogP contribution is 2.35. The number of nitrogens with zero attached hydrogens (tertiary/aromatic N) is 6. The zero-order valence-corrected chi connectivity index (χ0v) is 23.9. The summed E-state index contributed by atoms with van der Waals surface area (Å²) in [7, 11) is 0. The monoisotopic (exact) mass is 603 g/mol. The number of H-pyrrole nitrogens is 1. The number of ketones is 1. The van der Waals surface area contributed by atoms with Gasteiger partial charge in [-0.15, -0.1) is 5.10 Å². The van der Waals surface area contributed by atoms with E-state index in [4.69, 9.17) is 16.5 Å². The van der Waals surface area contributed by atoms with Crippen molar-refractivity contribution in [2.75, 3.05) is 22.1 Å². The summed E-state index contributed by atoms with van der Waals surface area (Å²) in [5.74, 6) is -1.49. The number of para-hydroxylation sites is 2. The van der Waals surface area contributed by atoms with Gasteiger partial charge in [0.2, 0.25) is 6.17 Å². The van der Waals surface area contributed by atoms with Crippen molar-refractivity contribution in [1.82, 2.24) is 20.6 Å². The number of anilines is 3. The molecule has 1 aliphatic rings. The van der Waals surface area contributed by atoms with E-state index in [0.29, 0.717) is 28.2 Å².